The Hall–Kier alpha value is -6.03. The van der Waals surface area contributed by atoms with Gasteiger partial charge in [-0.05, 0) is 97.0 Å². The summed E-state index contributed by atoms with van der Waals surface area (Å²) in [5, 5.41) is 3.75. The first-order valence-electron chi connectivity index (χ1n) is 19.5. The Morgan fingerprint density at radius 2 is 1.52 bits per heavy atom. The first-order chi connectivity index (χ1) is 28.6. The zero-order valence-electron chi connectivity index (χ0n) is 31.6. The Morgan fingerprint density at radius 3 is 2.29 bits per heavy atom. The standard InChI is InChI=1S/C51H37IN4OS/c1-31(56-42-19-10-17-36(32-12-4-2-5-13-32)48(42)41-29-40-38-16-8-9-21-46(38)58-47(40)30-43(41)56)54-51(34-24-26-52-27-25-34)55-50(53)35-22-23-39-45(28-35)57-44-20-11-18-37(49(39)44)33-14-6-3-7-15-33/h2-29,31,47H,30H2,1H3,(H2,53,54,55). The highest BCUT2D eigenvalue weighted by Crippen LogP contribution is 2.52. The average Bonchev–Trinajstić information content (AvgIpc) is 3.95. The molecule has 0 spiro atoms. The van der Waals surface area contributed by atoms with Gasteiger partial charge in [-0.3, -0.25) is 0 Å². The summed E-state index contributed by atoms with van der Waals surface area (Å²) in [7, 11) is 0. The van der Waals surface area contributed by atoms with Gasteiger partial charge in [0, 0.05) is 55.1 Å². The number of rotatable bonds is 6. The molecular weight excluding hydrogens is 844 g/mol. The van der Waals surface area contributed by atoms with Crippen molar-refractivity contribution in [3.63, 3.8) is 0 Å². The number of nitrogens with two attached hydrogens (primary N) is 1. The van der Waals surface area contributed by atoms with Crippen LogP contribution in [0.1, 0.15) is 35.5 Å². The molecule has 2 N–H and O–H groups in total. The molecule has 280 valence electrons. The summed E-state index contributed by atoms with van der Waals surface area (Å²) in [6, 6.07) is 49.1. The number of thioether (sulfide) groups is 1. The van der Waals surface area contributed by atoms with E-state index in [0.29, 0.717) is 16.9 Å². The molecule has 0 amide bonds. The van der Waals surface area contributed by atoms with Crippen molar-refractivity contribution in [1.29, 1.82) is 0 Å². The lowest BCUT2D eigenvalue weighted by Crippen LogP contribution is -2.19. The summed E-state index contributed by atoms with van der Waals surface area (Å²) in [4.78, 5) is 12.0. The first kappa shape index (κ1) is 35.2. The van der Waals surface area contributed by atoms with Crippen LogP contribution >= 0.6 is 32.5 Å². The maximum Gasteiger partial charge on any atom is 0.159 e. The fourth-order valence-electron chi connectivity index (χ4n) is 8.82. The van der Waals surface area contributed by atoms with Crippen LogP contribution in [0.3, 0.4) is 0 Å². The highest BCUT2D eigenvalue weighted by atomic mass is 127. The van der Waals surface area contributed by atoms with Gasteiger partial charge in [-0.25, -0.2) is 9.98 Å². The summed E-state index contributed by atoms with van der Waals surface area (Å²) in [5.41, 5.74) is 21.6. The van der Waals surface area contributed by atoms with E-state index in [9.17, 15) is 0 Å². The fourth-order valence-corrected chi connectivity index (χ4v) is 11.6. The van der Waals surface area contributed by atoms with Crippen LogP contribution in [0.25, 0.3) is 66.7 Å². The highest BCUT2D eigenvalue weighted by Gasteiger charge is 2.35. The molecule has 6 aromatic carbocycles. The van der Waals surface area contributed by atoms with Gasteiger partial charge < -0.3 is 14.7 Å². The predicted molar refractivity (Wildman–Crippen MR) is 254 cm³/mol. The Labute approximate surface area is 350 Å². The number of fused-ring (bicyclic) bond motifs is 9. The van der Waals surface area contributed by atoms with E-state index < -0.39 is 0 Å². The molecule has 58 heavy (non-hydrogen) atoms. The number of aliphatic imine (C=N–C) groups is 2. The Morgan fingerprint density at radius 1 is 0.793 bits per heavy atom. The smallest absolute Gasteiger partial charge is 0.159 e. The van der Waals surface area contributed by atoms with Crippen LogP contribution in [-0.4, -0.2) is 25.5 Å². The van der Waals surface area contributed by atoms with Crippen LogP contribution in [0.5, 0.6) is 0 Å². The Bertz CT molecular complexity index is 3150. The zero-order chi connectivity index (χ0) is 38.7. The molecule has 3 aliphatic rings. The lowest BCUT2D eigenvalue weighted by atomic mass is 9.89. The Kier molecular flexibility index (Phi) is 8.74. The number of benzene rings is 6. The van der Waals surface area contributed by atoms with Crippen LogP contribution in [0.2, 0.25) is 0 Å². The van der Waals surface area contributed by atoms with E-state index in [2.05, 4.69) is 147 Å². The summed E-state index contributed by atoms with van der Waals surface area (Å²) in [6.45, 7) is 2.19. The molecule has 0 fully saturated rings. The number of aromatic nitrogens is 1. The van der Waals surface area contributed by atoms with Gasteiger partial charge in [-0.1, -0.05) is 130 Å². The molecule has 0 saturated heterocycles. The van der Waals surface area contributed by atoms with E-state index in [-0.39, 0.29) is 26.9 Å². The third-order valence-electron chi connectivity index (χ3n) is 11.4. The number of nitrogens with zero attached hydrogens (tertiary/aromatic N) is 3. The van der Waals surface area contributed by atoms with Gasteiger partial charge in [-0.2, -0.15) is 0 Å². The minimum atomic E-state index is -0.271. The van der Waals surface area contributed by atoms with Crippen molar-refractivity contribution in [3.05, 3.63) is 184 Å². The zero-order valence-corrected chi connectivity index (χ0v) is 34.6. The van der Waals surface area contributed by atoms with E-state index in [1.165, 1.54) is 49.3 Å². The lowest BCUT2D eigenvalue weighted by molar-refractivity contribution is 0.570. The van der Waals surface area contributed by atoms with Gasteiger partial charge in [0.15, 0.2) is 5.84 Å². The molecule has 7 heteroatoms. The van der Waals surface area contributed by atoms with Crippen LogP contribution in [0.15, 0.2) is 181 Å². The van der Waals surface area contributed by atoms with Gasteiger partial charge in [0.25, 0.3) is 0 Å². The van der Waals surface area contributed by atoms with E-state index in [0.717, 1.165) is 50.6 Å². The molecular formula is C51H37IN4OS. The number of furan rings is 1. The molecule has 2 atom stereocenters. The molecule has 4 heterocycles. The molecule has 0 saturated carbocycles. The van der Waals surface area contributed by atoms with E-state index in [1.807, 2.05) is 42.1 Å². The minimum absolute atomic E-state index is 0.139. The van der Waals surface area contributed by atoms with Gasteiger partial charge in [0.1, 0.15) is 23.2 Å². The van der Waals surface area contributed by atoms with Crippen molar-refractivity contribution in [3.8, 4) is 22.3 Å². The number of hydrogen-bond donors (Lipinski definition) is 1. The third-order valence-corrected chi connectivity index (χ3v) is 14.3. The van der Waals surface area contributed by atoms with Crippen molar-refractivity contribution in [2.75, 3.05) is 0 Å². The molecule has 8 aromatic rings. The second-order valence-electron chi connectivity index (χ2n) is 14.8. The summed E-state index contributed by atoms with van der Waals surface area (Å²) in [6.07, 6.45) is 7.41. The largest absolute Gasteiger partial charge is 0.456 e. The predicted octanol–water partition coefficient (Wildman–Crippen LogP) is 13.0. The fraction of sp³-hybridized carbons (Fsp3) is 0.0784. The molecule has 2 aliphatic heterocycles. The monoisotopic (exact) mass is 880 g/mol. The molecule has 11 rings (SSSR count). The molecule has 5 nitrogen and oxygen atoms in total. The van der Waals surface area contributed by atoms with Crippen LogP contribution in [-0.2, 0) is 6.42 Å². The van der Waals surface area contributed by atoms with Crippen molar-refractivity contribution in [2.45, 2.75) is 29.7 Å². The van der Waals surface area contributed by atoms with E-state index >= 15 is 0 Å². The van der Waals surface area contributed by atoms with Gasteiger partial charge in [0.2, 0.25) is 0 Å². The number of hydrogen-bond acceptors (Lipinski definition) is 3. The van der Waals surface area contributed by atoms with Gasteiger partial charge >= 0.3 is 0 Å². The lowest BCUT2D eigenvalue weighted by Gasteiger charge is -2.23. The van der Waals surface area contributed by atoms with Crippen molar-refractivity contribution < 1.29 is 4.42 Å². The highest BCUT2D eigenvalue weighted by molar-refractivity contribution is 14.2. The second kappa shape index (κ2) is 14.4. The van der Waals surface area contributed by atoms with Gasteiger partial charge in [0.05, 0.1) is 5.52 Å². The van der Waals surface area contributed by atoms with Crippen molar-refractivity contribution in [1.82, 2.24) is 4.57 Å². The molecule has 0 radical (unpaired) electrons. The third kappa shape index (κ3) is 5.95. The van der Waals surface area contributed by atoms with E-state index in [4.69, 9.17) is 20.1 Å². The maximum absolute atomic E-state index is 6.94. The quantitative estimate of drug-likeness (QED) is 0.103. The molecule has 1 aliphatic carbocycles. The van der Waals surface area contributed by atoms with Crippen LogP contribution in [0, 0.1) is 0 Å². The van der Waals surface area contributed by atoms with Gasteiger partial charge in [-0.15, -0.1) is 11.8 Å². The second-order valence-corrected chi connectivity index (χ2v) is 18.2. The summed E-state index contributed by atoms with van der Waals surface area (Å²) >= 11 is 1.84. The summed E-state index contributed by atoms with van der Waals surface area (Å²) < 4.78 is 13.4. The van der Waals surface area contributed by atoms with Crippen molar-refractivity contribution in [2.24, 2.45) is 15.7 Å². The molecule has 2 aromatic heterocycles. The van der Waals surface area contributed by atoms with E-state index in [1.54, 1.807) is 0 Å². The minimum Gasteiger partial charge on any atom is -0.456 e. The Balaban J connectivity index is 1.04. The number of halogens is 1. The molecule has 2 unspecified atom stereocenters. The number of amidine groups is 2. The average molecular weight is 881 g/mol. The van der Waals surface area contributed by atoms with Crippen LogP contribution < -0.4 is 5.73 Å². The molecule has 0 bridgehead atoms. The SMILES string of the molecule is CC(N=C(N=C(N)c1ccc2c(c1)oc1cccc(-c3ccccc3)c12)C1=CC=IC=C1)n1c2c(c3c(-c4ccccc4)cccc31)C=C1c3ccccc3SC1C2. The van der Waals surface area contributed by atoms with Crippen LogP contribution in [0.4, 0.5) is 0 Å². The number of allylic oxidation sites excluding steroid dienone is 1. The van der Waals surface area contributed by atoms with Crippen molar-refractivity contribution >= 4 is 92.7 Å². The summed E-state index contributed by atoms with van der Waals surface area (Å²) in [5.74, 6) is 1.01. The normalized spacial score (nSPS) is 16.8. The topological polar surface area (TPSA) is 68.8 Å². The maximum atomic E-state index is 6.94. The first-order valence-corrected chi connectivity index (χ1v) is 22.9.